The van der Waals surface area contributed by atoms with Crippen LogP contribution in [0.15, 0.2) is 35.0 Å². The van der Waals surface area contributed by atoms with E-state index in [2.05, 4.69) is 31.9 Å². The monoisotopic (exact) mass is 397 g/mol. The highest BCUT2D eigenvalue weighted by Gasteiger charge is 2.26. The molecular weight excluding hydrogens is 377 g/mol. The SMILES string of the molecule is CC(C(=O)Nc1ccc(Cl)cc1Cl)N1CCN(Cc2ccsc2)CC1. The summed E-state index contributed by atoms with van der Waals surface area (Å²) in [7, 11) is 0. The molecule has 0 aliphatic carbocycles. The van der Waals surface area contributed by atoms with E-state index in [0.29, 0.717) is 15.7 Å². The van der Waals surface area contributed by atoms with E-state index in [1.807, 2.05) is 6.92 Å². The predicted molar refractivity (Wildman–Crippen MR) is 106 cm³/mol. The molecule has 2 aromatic rings. The predicted octanol–water partition coefficient (Wildman–Crippen LogP) is 4.20. The number of rotatable bonds is 5. The molecule has 1 saturated heterocycles. The van der Waals surface area contributed by atoms with Gasteiger partial charge in [-0.2, -0.15) is 11.3 Å². The van der Waals surface area contributed by atoms with Gasteiger partial charge in [-0.15, -0.1) is 0 Å². The van der Waals surface area contributed by atoms with E-state index >= 15 is 0 Å². The Morgan fingerprint density at radius 2 is 2.00 bits per heavy atom. The van der Waals surface area contributed by atoms with E-state index in [4.69, 9.17) is 23.2 Å². The van der Waals surface area contributed by atoms with Gasteiger partial charge in [0.2, 0.25) is 5.91 Å². The molecule has 3 rings (SSSR count). The molecule has 1 atom stereocenters. The number of nitrogens with zero attached hydrogens (tertiary/aromatic N) is 2. The number of anilines is 1. The number of halogens is 2. The number of nitrogens with one attached hydrogen (secondary N) is 1. The lowest BCUT2D eigenvalue weighted by atomic mass is 10.2. The molecule has 0 saturated carbocycles. The zero-order valence-electron chi connectivity index (χ0n) is 14.0. The zero-order valence-corrected chi connectivity index (χ0v) is 16.4. The van der Waals surface area contributed by atoms with Crippen molar-refractivity contribution in [3.05, 3.63) is 50.6 Å². The Bertz CT molecular complexity index is 715. The maximum Gasteiger partial charge on any atom is 0.241 e. The highest BCUT2D eigenvalue weighted by atomic mass is 35.5. The van der Waals surface area contributed by atoms with Gasteiger partial charge in [-0.25, -0.2) is 0 Å². The van der Waals surface area contributed by atoms with Crippen molar-refractivity contribution in [1.82, 2.24) is 9.80 Å². The lowest BCUT2D eigenvalue weighted by Gasteiger charge is -2.37. The van der Waals surface area contributed by atoms with Crippen molar-refractivity contribution in [2.75, 3.05) is 31.5 Å². The molecule has 134 valence electrons. The van der Waals surface area contributed by atoms with Gasteiger partial charge in [0.05, 0.1) is 16.8 Å². The molecule has 1 aromatic carbocycles. The summed E-state index contributed by atoms with van der Waals surface area (Å²) in [6.07, 6.45) is 0. The molecular formula is C18H21Cl2N3OS. The van der Waals surface area contributed by atoms with Crippen LogP contribution < -0.4 is 5.32 Å². The Balaban J connectivity index is 1.51. The smallest absolute Gasteiger partial charge is 0.241 e. The molecule has 1 amide bonds. The van der Waals surface area contributed by atoms with Crippen LogP contribution in [0.3, 0.4) is 0 Å². The van der Waals surface area contributed by atoms with E-state index < -0.39 is 0 Å². The van der Waals surface area contributed by atoms with E-state index in [1.165, 1.54) is 5.56 Å². The third kappa shape index (κ3) is 4.96. The first-order chi connectivity index (χ1) is 12.0. The number of carbonyl (C=O) groups is 1. The first-order valence-electron chi connectivity index (χ1n) is 8.26. The summed E-state index contributed by atoms with van der Waals surface area (Å²) in [5.74, 6) is -0.0458. The minimum Gasteiger partial charge on any atom is -0.323 e. The highest BCUT2D eigenvalue weighted by molar-refractivity contribution is 7.07. The fourth-order valence-electron chi connectivity index (χ4n) is 2.94. The van der Waals surface area contributed by atoms with Crippen molar-refractivity contribution in [3.63, 3.8) is 0 Å². The molecule has 4 nitrogen and oxygen atoms in total. The Kier molecular flexibility index (Phi) is 6.36. The fraction of sp³-hybridized carbons (Fsp3) is 0.389. The van der Waals surface area contributed by atoms with Crippen LogP contribution in [-0.4, -0.2) is 47.9 Å². The second-order valence-corrected chi connectivity index (χ2v) is 7.86. The molecule has 1 aliphatic rings. The Morgan fingerprint density at radius 3 is 2.64 bits per heavy atom. The fourth-order valence-corrected chi connectivity index (χ4v) is 4.06. The average molecular weight is 398 g/mol. The van der Waals surface area contributed by atoms with Crippen LogP contribution in [0.2, 0.25) is 10.0 Å². The summed E-state index contributed by atoms with van der Waals surface area (Å²) >= 11 is 13.8. The van der Waals surface area contributed by atoms with Crippen molar-refractivity contribution < 1.29 is 4.79 Å². The van der Waals surface area contributed by atoms with Crippen LogP contribution in [0.25, 0.3) is 0 Å². The molecule has 1 N–H and O–H groups in total. The lowest BCUT2D eigenvalue weighted by Crippen LogP contribution is -2.52. The number of hydrogen-bond donors (Lipinski definition) is 1. The van der Waals surface area contributed by atoms with Gasteiger partial charge >= 0.3 is 0 Å². The minimum absolute atomic E-state index is 0.0458. The number of piperazine rings is 1. The molecule has 1 aromatic heterocycles. The third-order valence-corrected chi connectivity index (χ3v) is 5.79. The van der Waals surface area contributed by atoms with Gasteiger partial charge < -0.3 is 5.32 Å². The molecule has 1 unspecified atom stereocenters. The van der Waals surface area contributed by atoms with Crippen LogP contribution in [0.5, 0.6) is 0 Å². The van der Waals surface area contributed by atoms with E-state index in [-0.39, 0.29) is 11.9 Å². The topological polar surface area (TPSA) is 35.6 Å². The van der Waals surface area contributed by atoms with Gasteiger partial charge in [0.1, 0.15) is 0 Å². The maximum absolute atomic E-state index is 12.5. The van der Waals surface area contributed by atoms with Crippen LogP contribution in [0.4, 0.5) is 5.69 Å². The van der Waals surface area contributed by atoms with Crippen molar-refractivity contribution in [2.24, 2.45) is 0 Å². The van der Waals surface area contributed by atoms with Crippen LogP contribution in [0.1, 0.15) is 12.5 Å². The van der Waals surface area contributed by atoms with E-state index in [0.717, 1.165) is 32.7 Å². The van der Waals surface area contributed by atoms with Gasteiger partial charge in [-0.05, 0) is 47.5 Å². The van der Waals surface area contributed by atoms with Gasteiger partial charge in [0.15, 0.2) is 0 Å². The molecule has 0 bridgehead atoms. The molecule has 2 heterocycles. The van der Waals surface area contributed by atoms with Gasteiger partial charge in [-0.1, -0.05) is 23.2 Å². The molecule has 7 heteroatoms. The zero-order chi connectivity index (χ0) is 17.8. The molecule has 1 aliphatic heterocycles. The summed E-state index contributed by atoms with van der Waals surface area (Å²) in [6, 6.07) is 7.05. The van der Waals surface area contributed by atoms with Gasteiger partial charge in [-0.3, -0.25) is 14.6 Å². The van der Waals surface area contributed by atoms with Crippen molar-refractivity contribution in [3.8, 4) is 0 Å². The number of hydrogen-bond acceptors (Lipinski definition) is 4. The average Bonchev–Trinajstić information content (AvgIpc) is 3.10. The maximum atomic E-state index is 12.5. The summed E-state index contributed by atoms with van der Waals surface area (Å²) in [5.41, 5.74) is 1.96. The largest absolute Gasteiger partial charge is 0.323 e. The number of carbonyl (C=O) groups excluding carboxylic acids is 1. The minimum atomic E-state index is -0.199. The first-order valence-corrected chi connectivity index (χ1v) is 9.96. The van der Waals surface area contributed by atoms with Gasteiger partial charge in [0.25, 0.3) is 0 Å². The number of amides is 1. The third-order valence-electron chi connectivity index (χ3n) is 4.51. The molecule has 1 fully saturated rings. The van der Waals surface area contributed by atoms with E-state index in [1.54, 1.807) is 29.5 Å². The normalized spacial score (nSPS) is 17.4. The van der Waals surface area contributed by atoms with Crippen molar-refractivity contribution >= 4 is 46.1 Å². The second-order valence-electron chi connectivity index (χ2n) is 6.23. The van der Waals surface area contributed by atoms with Gasteiger partial charge in [0, 0.05) is 37.7 Å². The van der Waals surface area contributed by atoms with Crippen LogP contribution >= 0.6 is 34.5 Å². The molecule has 0 radical (unpaired) electrons. The van der Waals surface area contributed by atoms with Crippen LogP contribution in [0, 0.1) is 0 Å². The quantitative estimate of drug-likeness (QED) is 0.820. The molecule has 25 heavy (non-hydrogen) atoms. The summed E-state index contributed by atoms with van der Waals surface area (Å²) in [4.78, 5) is 17.2. The summed E-state index contributed by atoms with van der Waals surface area (Å²) < 4.78 is 0. The standard InChI is InChI=1S/C18H21Cl2N3OS/c1-13(18(24)21-17-3-2-15(19)10-16(17)20)23-7-5-22(6-8-23)11-14-4-9-25-12-14/h2-4,9-10,12-13H,5-8,11H2,1H3,(H,21,24). The number of thiophene rings is 1. The van der Waals surface area contributed by atoms with Crippen molar-refractivity contribution in [1.29, 1.82) is 0 Å². The molecule has 0 spiro atoms. The number of benzene rings is 1. The lowest BCUT2D eigenvalue weighted by molar-refractivity contribution is -0.121. The summed E-state index contributed by atoms with van der Waals surface area (Å²) in [5, 5.41) is 8.21. The Labute approximate surface area is 162 Å². The highest BCUT2D eigenvalue weighted by Crippen LogP contribution is 2.25. The Hall–Kier alpha value is -1.11. The summed E-state index contributed by atoms with van der Waals surface area (Å²) in [6.45, 7) is 6.62. The van der Waals surface area contributed by atoms with Crippen LogP contribution in [-0.2, 0) is 11.3 Å². The first kappa shape index (κ1) is 18.7. The second kappa shape index (κ2) is 8.52. The Morgan fingerprint density at radius 1 is 1.24 bits per heavy atom. The van der Waals surface area contributed by atoms with Crippen molar-refractivity contribution in [2.45, 2.75) is 19.5 Å². The van der Waals surface area contributed by atoms with E-state index in [9.17, 15) is 4.79 Å².